The number of β-amino-alcohol motifs (C(OH)–C–C–N with tert-alkyl or cyclic N) is 1. The van der Waals surface area contributed by atoms with Crippen LogP contribution in [-0.2, 0) is 17.6 Å². The first-order valence-electron chi connectivity index (χ1n) is 15.9. The number of carbonyl (C=O) groups is 1. The van der Waals surface area contributed by atoms with E-state index in [4.69, 9.17) is 4.74 Å². The highest BCUT2D eigenvalue weighted by Crippen LogP contribution is 2.24. The number of aliphatic hydroxyl groups is 1. The lowest BCUT2D eigenvalue weighted by Crippen LogP contribution is -2.48. The number of rotatable bonds is 15. The average Bonchev–Trinajstić information content (AvgIpc) is 3.05. The first-order valence-corrected chi connectivity index (χ1v) is 15.9. The molecule has 1 saturated heterocycles. The van der Waals surface area contributed by atoms with Gasteiger partial charge in [0, 0.05) is 43.2 Å². The summed E-state index contributed by atoms with van der Waals surface area (Å²) < 4.78 is 5.97. The second-order valence-electron chi connectivity index (χ2n) is 11.8. The number of aliphatic hydroxyl groups excluding tert-OH is 1. The van der Waals surface area contributed by atoms with E-state index in [2.05, 4.69) is 63.7 Å². The quantitative estimate of drug-likeness (QED) is 0.175. The summed E-state index contributed by atoms with van der Waals surface area (Å²) in [6, 6.07) is 31.0. The van der Waals surface area contributed by atoms with Crippen LogP contribution in [0.15, 0.2) is 97.2 Å². The van der Waals surface area contributed by atoms with Crippen molar-refractivity contribution >= 4 is 16.8 Å². The summed E-state index contributed by atoms with van der Waals surface area (Å²) in [5, 5.41) is 15.0. The molecule has 1 aromatic heterocycles. The number of hydrogen-bond donors (Lipinski definition) is 2. The van der Waals surface area contributed by atoms with Crippen LogP contribution in [-0.4, -0.2) is 59.3 Å². The van der Waals surface area contributed by atoms with Gasteiger partial charge in [-0.3, -0.25) is 9.78 Å². The van der Waals surface area contributed by atoms with Crippen LogP contribution >= 0.6 is 0 Å². The summed E-state index contributed by atoms with van der Waals surface area (Å²) in [7, 11) is 0. The van der Waals surface area contributed by atoms with Crippen LogP contribution in [0.25, 0.3) is 10.9 Å². The molecule has 6 nitrogen and oxygen atoms in total. The summed E-state index contributed by atoms with van der Waals surface area (Å²) in [4.78, 5) is 20.1. The summed E-state index contributed by atoms with van der Waals surface area (Å²) in [6.45, 7) is 2.50. The number of likely N-dealkylation sites (tertiary alicyclic amines) is 1. The molecule has 1 amide bonds. The van der Waals surface area contributed by atoms with Gasteiger partial charge in [-0.05, 0) is 86.8 Å². The number of fused-ring (bicyclic) bond motifs is 1. The van der Waals surface area contributed by atoms with E-state index in [9.17, 15) is 9.90 Å². The Morgan fingerprint density at radius 1 is 0.860 bits per heavy atom. The Morgan fingerprint density at radius 3 is 2.16 bits per heavy atom. The maximum Gasteiger partial charge on any atom is 0.223 e. The molecule has 1 aliphatic rings. The number of nitrogens with one attached hydrogen (secondary N) is 1. The van der Waals surface area contributed by atoms with E-state index in [0.717, 1.165) is 81.1 Å². The Bertz CT molecular complexity index is 1340. The maximum absolute atomic E-state index is 13.5. The van der Waals surface area contributed by atoms with Crippen LogP contribution in [0, 0.1) is 5.92 Å². The maximum atomic E-state index is 13.5. The van der Waals surface area contributed by atoms with Crippen LogP contribution in [0.2, 0.25) is 0 Å². The molecule has 0 aliphatic carbocycles. The standard InChI is InChI=1S/C37H45N3O3/c41-33(28-43-36-21-9-20-35-34(36)19-10-24-38-35)27-40-25-22-32(23-26-40)39-37(42)31(17-7-15-29-11-3-1-4-12-29)18-8-16-30-13-5-2-6-14-30/h1-6,9-14,19-21,24,31-33,41H,7-8,15-18,22-23,25-28H2,(H,39,42)/t33-/m0/s1. The van der Waals surface area contributed by atoms with Gasteiger partial charge in [0.2, 0.25) is 5.91 Å². The number of amides is 1. The minimum absolute atomic E-state index is 0.0358. The van der Waals surface area contributed by atoms with Gasteiger partial charge < -0.3 is 20.1 Å². The number of ether oxygens (including phenoxy) is 1. The first kappa shape index (κ1) is 30.7. The monoisotopic (exact) mass is 579 g/mol. The van der Waals surface area contributed by atoms with Gasteiger partial charge in [-0.2, -0.15) is 0 Å². The van der Waals surface area contributed by atoms with Crippen molar-refractivity contribution < 1.29 is 14.6 Å². The number of aromatic nitrogens is 1. The fourth-order valence-electron chi connectivity index (χ4n) is 6.12. The zero-order valence-electron chi connectivity index (χ0n) is 25.1. The molecule has 1 fully saturated rings. The number of pyridine rings is 1. The Morgan fingerprint density at radius 2 is 1.51 bits per heavy atom. The highest BCUT2D eigenvalue weighted by atomic mass is 16.5. The molecule has 0 saturated carbocycles. The minimum atomic E-state index is -0.586. The number of benzene rings is 3. The topological polar surface area (TPSA) is 74.7 Å². The van der Waals surface area contributed by atoms with Crippen LogP contribution in [0.5, 0.6) is 5.75 Å². The third-order valence-corrected chi connectivity index (χ3v) is 8.53. The van der Waals surface area contributed by atoms with Crippen molar-refractivity contribution in [1.82, 2.24) is 15.2 Å². The van der Waals surface area contributed by atoms with E-state index in [1.165, 1.54) is 11.1 Å². The van der Waals surface area contributed by atoms with Crippen molar-refractivity contribution in [1.29, 1.82) is 0 Å². The third-order valence-electron chi connectivity index (χ3n) is 8.53. The van der Waals surface area contributed by atoms with Gasteiger partial charge in [-0.1, -0.05) is 66.7 Å². The molecule has 43 heavy (non-hydrogen) atoms. The third kappa shape index (κ3) is 9.63. The lowest BCUT2D eigenvalue weighted by molar-refractivity contribution is -0.126. The molecule has 1 aliphatic heterocycles. The van der Waals surface area contributed by atoms with E-state index in [1.54, 1.807) is 6.20 Å². The van der Waals surface area contributed by atoms with Gasteiger partial charge in [0.1, 0.15) is 18.5 Å². The predicted molar refractivity (Wildman–Crippen MR) is 173 cm³/mol. The highest BCUT2D eigenvalue weighted by molar-refractivity contribution is 5.84. The first-order chi connectivity index (χ1) is 21.1. The van der Waals surface area contributed by atoms with Crippen molar-refractivity contribution in [2.24, 2.45) is 5.92 Å². The Hall–Kier alpha value is -3.74. The molecule has 0 radical (unpaired) electrons. The van der Waals surface area contributed by atoms with Crippen molar-refractivity contribution in [2.75, 3.05) is 26.2 Å². The number of aryl methyl sites for hydroxylation is 2. The van der Waals surface area contributed by atoms with E-state index >= 15 is 0 Å². The number of nitrogens with zero attached hydrogens (tertiary/aromatic N) is 2. The van der Waals surface area contributed by atoms with E-state index in [0.29, 0.717) is 6.54 Å². The number of piperidine rings is 1. The minimum Gasteiger partial charge on any atom is -0.490 e. The van der Waals surface area contributed by atoms with E-state index in [1.807, 2.05) is 42.5 Å². The molecule has 2 N–H and O–H groups in total. The normalized spacial score (nSPS) is 15.0. The number of hydrogen-bond acceptors (Lipinski definition) is 5. The molecule has 1 atom stereocenters. The molecule has 0 spiro atoms. The number of carbonyl (C=O) groups excluding carboxylic acids is 1. The van der Waals surface area contributed by atoms with Crippen molar-refractivity contribution in [3.8, 4) is 5.75 Å². The van der Waals surface area contributed by atoms with Crippen LogP contribution in [0.4, 0.5) is 0 Å². The summed E-state index contributed by atoms with van der Waals surface area (Å²) in [6.07, 6.45) is 8.84. The van der Waals surface area contributed by atoms with Crippen molar-refractivity contribution in [2.45, 2.75) is 63.5 Å². The van der Waals surface area contributed by atoms with E-state index < -0.39 is 6.10 Å². The lowest BCUT2D eigenvalue weighted by Gasteiger charge is -2.34. The average molecular weight is 580 g/mol. The van der Waals surface area contributed by atoms with E-state index in [-0.39, 0.29) is 24.5 Å². The Labute approximate surface area is 256 Å². The summed E-state index contributed by atoms with van der Waals surface area (Å²) >= 11 is 0. The molecule has 4 aromatic rings. The van der Waals surface area contributed by atoms with Gasteiger partial charge in [0.15, 0.2) is 0 Å². The second kappa shape index (κ2) is 16.2. The smallest absolute Gasteiger partial charge is 0.223 e. The van der Waals surface area contributed by atoms with Crippen LogP contribution in [0.1, 0.15) is 49.7 Å². The zero-order chi connectivity index (χ0) is 29.7. The molecule has 226 valence electrons. The molecule has 5 rings (SSSR count). The zero-order valence-corrected chi connectivity index (χ0v) is 25.1. The van der Waals surface area contributed by atoms with Gasteiger partial charge in [-0.25, -0.2) is 0 Å². The molecular formula is C37H45N3O3. The van der Waals surface area contributed by atoms with Crippen LogP contribution in [0.3, 0.4) is 0 Å². The second-order valence-corrected chi connectivity index (χ2v) is 11.8. The van der Waals surface area contributed by atoms with Gasteiger partial charge >= 0.3 is 0 Å². The van der Waals surface area contributed by atoms with Crippen LogP contribution < -0.4 is 10.1 Å². The lowest BCUT2D eigenvalue weighted by atomic mass is 9.92. The fraction of sp³-hybridized carbons (Fsp3) is 0.405. The van der Waals surface area contributed by atoms with Crippen molar-refractivity contribution in [3.05, 3.63) is 108 Å². The molecular weight excluding hydrogens is 534 g/mol. The SMILES string of the molecule is O=C(NC1CCN(C[C@H](O)COc2cccc3ncccc23)CC1)C(CCCc1ccccc1)CCCc1ccccc1. The molecule has 3 aromatic carbocycles. The molecule has 2 heterocycles. The fourth-order valence-corrected chi connectivity index (χ4v) is 6.12. The van der Waals surface area contributed by atoms with Crippen molar-refractivity contribution in [3.63, 3.8) is 0 Å². The molecule has 0 unspecified atom stereocenters. The highest BCUT2D eigenvalue weighted by Gasteiger charge is 2.25. The summed E-state index contributed by atoms with van der Waals surface area (Å²) in [5.74, 6) is 0.986. The Kier molecular flexibility index (Phi) is 11.6. The van der Waals surface area contributed by atoms with Gasteiger partial charge in [0.25, 0.3) is 0 Å². The molecule has 0 bridgehead atoms. The van der Waals surface area contributed by atoms with Gasteiger partial charge in [0.05, 0.1) is 5.52 Å². The van der Waals surface area contributed by atoms with Gasteiger partial charge in [-0.15, -0.1) is 0 Å². The largest absolute Gasteiger partial charge is 0.490 e. The predicted octanol–water partition coefficient (Wildman–Crippen LogP) is 6.22. The molecule has 6 heteroatoms. The Balaban J connectivity index is 1.06. The summed E-state index contributed by atoms with van der Waals surface area (Å²) in [5.41, 5.74) is 3.55.